The molecule has 0 amide bonds. The van der Waals surface area contributed by atoms with Crippen LogP contribution in [0, 0.1) is 6.33 Å². The lowest BCUT2D eigenvalue weighted by molar-refractivity contribution is -0.570. The van der Waals surface area contributed by atoms with Crippen LogP contribution in [0.15, 0.2) is 257 Å². The van der Waals surface area contributed by atoms with Gasteiger partial charge in [-0.15, -0.1) is 0 Å². The van der Waals surface area contributed by atoms with Gasteiger partial charge in [-0.25, -0.2) is 4.98 Å². The molecular weight excluding hydrogens is 1020 g/mol. The molecule has 7 nitrogen and oxygen atoms in total. The van der Waals surface area contributed by atoms with Crippen molar-refractivity contribution < 1.29 is 29.1 Å². The van der Waals surface area contributed by atoms with Gasteiger partial charge in [-0.05, 0) is 158 Å². The molecule has 0 unspecified atom stereocenters. The van der Waals surface area contributed by atoms with Crippen LogP contribution in [0.2, 0.25) is 0 Å². The Labute approximate surface area is 489 Å². The third kappa shape index (κ3) is 7.37. The lowest BCUT2D eigenvalue weighted by Gasteiger charge is -2.20. The molecule has 0 saturated heterocycles. The van der Waals surface area contributed by atoms with Gasteiger partial charge < -0.3 is 13.6 Å². The summed E-state index contributed by atoms with van der Waals surface area (Å²) in [4.78, 5) is 4.91. The minimum atomic E-state index is -0.554. The van der Waals surface area contributed by atoms with Crippen LogP contribution < -0.4 is 9.30 Å². The zero-order valence-electron chi connectivity index (χ0n) is 53.1. The summed E-state index contributed by atoms with van der Waals surface area (Å²) in [6, 6.07) is 59.8. The molecule has 0 saturated carbocycles. The van der Waals surface area contributed by atoms with Crippen LogP contribution >= 0.6 is 0 Å². The summed E-state index contributed by atoms with van der Waals surface area (Å²) in [5.74, 6) is 1.88. The predicted molar refractivity (Wildman–Crippen MR) is 336 cm³/mol. The van der Waals surface area contributed by atoms with Crippen molar-refractivity contribution in [2.45, 2.75) is 26.2 Å². The molecule has 83 heavy (non-hydrogen) atoms. The smallest absolute Gasteiger partial charge is 0.269 e. The van der Waals surface area contributed by atoms with Crippen LogP contribution in [0.3, 0.4) is 0 Å². The number of hydrogen-bond donors (Lipinski definition) is 0. The van der Waals surface area contributed by atoms with E-state index in [1.165, 1.54) is 0 Å². The van der Waals surface area contributed by atoms with Gasteiger partial charge in [0.05, 0.1) is 44.4 Å². The number of rotatable bonds is 6. The number of aromatic nitrogens is 4. The molecule has 6 heterocycles. The van der Waals surface area contributed by atoms with Crippen LogP contribution in [-0.4, -0.2) is 14.1 Å². The Morgan fingerprint density at radius 2 is 1.06 bits per heavy atom. The van der Waals surface area contributed by atoms with Gasteiger partial charge in [0, 0.05) is 44.6 Å². The Bertz CT molecular complexity index is 5870. The molecule has 0 atom stereocenters. The maximum atomic E-state index is 10.1. The first kappa shape index (κ1) is 39.6. The molecule has 0 radical (unpaired) electrons. The molecule has 17 rings (SSSR count). The molecule has 5 aromatic heterocycles. The van der Waals surface area contributed by atoms with E-state index in [0.29, 0.717) is 67.3 Å². The summed E-state index contributed by atoms with van der Waals surface area (Å²) in [7, 11) is 0. The van der Waals surface area contributed by atoms with Gasteiger partial charge in [-0.1, -0.05) is 166 Å². The van der Waals surface area contributed by atoms with E-state index in [0.717, 1.165) is 77.0 Å². The van der Waals surface area contributed by atoms with Gasteiger partial charge in [-0.3, -0.25) is 13.7 Å². The van der Waals surface area contributed by atoms with Gasteiger partial charge in [0.25, 0.3) is 6.33 Å². The van der Waals surface area contributed by atoms with Crippen LogP contribution in [0.1, 0.15) is 37.3 Å². The summed E-state index contributed by atoms with van der Waals surface area (Å²) in [5.41, 5.74) is 11.5. The zero-order valence-corrected chi connectivity index (χ0v) is 45.1. The number of pyridine rings is 1. The first-order valence-corrected chi connectivity index (χ1v) is 27.6. The van der Waals surface area contributed by atoms with Gasteiger partial charge >= 0.3 is 0 Å². The van der Waals surface area contributed by atoms with Crippen molar-refractivity contribution in [1.29, 1.82) is 0 Å². The van der Waals surface area contributed by atoms with Crippen molar-refractivity contribution >= 4 is 76.7 Å². The molecule has 392 valence electrons. The molecule has 0 fully saturated rings. The highest BCUT2D eigenvalue weighted by Crippen LogP contribution is 2.48. The maximum absolute atomic E-state index is 10.1. The van der Waals surface area contributed by atoms with Gasteiger partial charge in [0.2, 0.25) is 0 Å². The quantitative estimate of drug-likeness (QED) is 0.123. The molecule has 0 aliphatic carbocycles. The minimum absolute atomic E-state index is 0.0460. The fourth-order valence-corrected chi connectivity index (χ4v) is 12.5. The van der Waals surface area contributed by atoms with Gasteiger partial charge in [-0.2, -0.15) is 0 Å². The summed E-state index contributed by atoms with van der Waals surface area (Å²) in [5, 5.41) is 5.68. The number of nitrogens with zero attached hydrogens (tertiary/aromatic N) is 4. The summed E-state index contributed by atoms with van der Waals surface area (Å²) < 4.78 is 103. The Morgan fingerprint density at radius 1 is 0.458 bits per heavy atom. The maximum Gasteiger partial charge on any atom is 0.269 e. The van der Waals surface area contributed by atoms with Crippen LogP contribution in [0.4, 0.5) is 0 Å². The number of para-hydroxylation sites is 4. The third-order valence-corrected chi connectivity index (χ3v) is 16.4. The van der Waals surface area contributed by atoms with E-state index in [4.69, 9.17) is 18.6 Å². The Kier molecular flexibility index (Phi) is 8.52. The lowest BCUT2D eigenvalue weighted by Crippen LogP contribution is -2.32. The monoisotopic (exact) mass is 1070 g/mol. The number of fused-ring (bicyclic) bond motifs is 16. The zero-order chi connectivity index (χ0) is 62.0. The summed E-state index contributed by atoms with van der Waals surface area (Å²) in [6.07, 6.45) is 5.67. The highest BCUT2D eigenvalue weighted by Gasteiger charge is 2.28. The summed E-state index contributed by atoms with van der Waals surface area (Å²) in [6.45, 7) is 6.58. The highest BCUT2D eigenvalue weighted by molar-refractivity contribution is 6.11. The predicted octanol–water partition coefficient (Wildman–Crippen LogP) is 19.7. The number of hydrogen-bond acceptors (Lipinski definition) is 4. The molecule has 0 spiro atoms. The number of furan rings is 2. The molecule has 1 aliphatic rings. The highest BCUT2D eigenvalue weighted by atomic mass is 16.5. The lowest BCUT2D eigenvalue weighted by atomic mass is 9.87. The first-order chi connectivity index (χ1) is 44.1. The van der Waals surface area contributed by atoms with Crippen molar-refractivity contribution in [3.05, 3.63) is 261 Å². The van der Waals surface area contributed by atoms with Crippen molar-refractivity contribution in [1.82, 2.24) is 14.1 Å². The van der Waals surface area contributed by atoms with E-state index >= 15 is 0 Å². The Morgan fingerprint density at radius 3 is 1.80 bits per heavy atom. The van der Waals surface area contributed by atoms with Gasteiger partial charge in [0.15, 0.2) is 0 Å². The second-order valence-corrected chi connectivity index (χ2v) is 22.3. The number of imidazole rings is 1. The van der Waals surface area contributed by atoms with E-state index in [9.17, 15) is 11.0 Å². The number of benzene rings is 11. The van der Waals surface area contributed by atoms with Crippen molar-refractivity contribution in [3.63, 3.8) is 0 Å². The van der Waals surface area contributed by atoms with Crippen molar-refractivity contribution in [2.75, 3.05) is 0 Å². The molecule has 1 aliphatic heterocycles. The molecule has 0 bridgehead atoms. The minimum Gasteiger partial charge on any atom is -0.458 e. The topological polar surface area (TPSA) is 62.1 Å². The fourth-order valence-electron chi connectivity index (χ4n) is 12.5. The molecule has 11 aromatic carbocycles. The van der Waals surface area contributed by atoms with E-state index in [2.05, 4.69) is 80.2 Å². The van der Waals surface area contributed by atoms with E-state index in [1.807, 2.05) is 161 Å². The van der Waals surface area contributed by atoms with Crippen LogP contribution in [0.5, 0.6) is 11.5 Å². The van der Waals surface area contributed by atoms with Crippen molar-refractivity contribution in [3.8, 4) is 84.3 Å². The molecule has 7 heteroatoms. The second kappa shape index (κ2) is 17.9. The van der Waals surface area contributed by atoms with E-state index < -0.39 is 42.3 Å². The molecule has 16 aromatic rings. The van der Waals surface area contributed by atoms with E-state index in [-0.39, 0.29) is 33.7 Å². The fraction of sp³-hybridized carbons (Fsp3) is 0.0526. The van der Waals surface area contributed by atoms with Crippen molar-refractivity contribution in [2.24, 2.45) is 0 Å². The number of ether oxygens (including phenoxy) is 1. The van der Waals surface area contributed by atoms with E-state index in [1.54, 1.807) is 0 Å². The first-order valence-electron chi connectivity index (χ1n) is 31.6. The second-order valence-electron chi connectivity index (χ2n) is 22.3. The average Bonchev–Trinajstić information content (AvgIpc) is 1.62. The third-order valence-electron chi connectivity index (χ3n) is 16.4. The van der Waals surface area contributed by atoms with Crippen LogP contribution in [-0.2, 0) is 5.41 Å². The Hall–Kier alpha value is -10.8. The molecule has 0 N–H and O–H groups in total. The SMILES string of the molecule is [2H]c1c([2H])c([2H])c2c(c1[2H])-c1cccc(-c3ccc4oc5ccccc5c4c3)c1-[n+]1[c-]n(-c3cccc(Oc4ccc5c6ccccc6n(-c6cc(C(C)(C)C)ccn6)c5c4)c3)c3cc(-c4ccc5oc6ccccc6c5c4)cc(c31)-c1c([2H])c([2H])c([2H])c([2H])c1-2. The average molecular weight is 1080 g/mol. The van der Waals surface area contributed by atoms with Crippen LogP contribution in [0.25, 0.3) is 150 Å². The Balaban J connectivity index is 0.962. The normalized spacial score (nSPS) is 13.6. The largest absolute Gasteiger partial charge is 0.458 e. The van der Waals surface area contributed by atoms with Gasteiger partial charge in [0.1, 0.15) is 39.6 Å². The summed E-state index contributed by atoms with van der Waals surface area (Å²) >= 11 is 0. The standard InChI is InChI=1S/C76H50N4O3/c1-76(2,3)49-36-37-77-73(42-49)80-66-27-11-8-22-58(66)59-33-32-52(44-67(59)80)81-51-17-14-16-50(43-51)78-45-79-74-53(47-31-35-72-64(39-47)61-24-10-13-29-70(61)83-72)25-15-26-62(74)56-20-6-4-18-54(56)55-19-5-7-21-57(55)65-40-48(41-68(78)75(65)79)46-30-34-71-63(38-46)60-23-9-12-28-69(60)82-71/h4-44H,1-3H3/i4D,5D,6D,7D,18D,19D,20D,21D. The molecular formula is C76H50N4O3.